The second-order valence-electron chi connectivity index (χ2n) is 5.82. The van der Waals surface area contributed by atoms with Crippen LogP contribution in [0.25, 0.3) is 0 Å². The van der Waals surface area contributed by atoms with E-state index >= 15 is 0 Å². The van der Waals surface area contributed by atoms with Crippen LogP contribution in [0.2, 0.25) is 0 Å². The van der Waals surface area contributed by atoms with Gasteiger partial charge in [-0.05, 0) is 24.3 Å². The second-order valence-corrected chi connectivity index (χ2v) is 7.96. The van der Waals surface area contributed by atoms with Gasteiger partial charge in [0.2, 0.25) is 0 Å². The van der Waals surface area contributed by atoms with Crippen LogP contribution >= 0.6 is 0 Å². The standard InChI is InChI=1S/C16H21N5O3S/c1-20(2)25(22,23)21-9-10-24-15(12-21)14-7-6-13(11-18-14)19-16-5-3-4-8-17-16/h3-8,11,15H,9-10,12H2,1-2H3,(H,17,19)/t15-/m0/s1. The van der Waals surface area contributed by atoms with Gasteiger partial charge in [0, 0.05) is 33.4 Å². The van der Waals surface area contributed by atoms with E-state index in [0.717, 1.165) is 11.5 Å². The van der Waals surface area contributed by atoms with Gasteiger partial charge >= 0.3 is 0 Å². The van der Waals surface area contributed by atoms with Crippen molar-refractivity contribution in [1.29, 1.82) is 0 Å². The molecule has 0 amide bonds. The van der Waals surface area contributed by atoms with Gasteiger partial charge in [-0.3, -0.25) is 4.98 Å². The number of aromatic nitrogens is 2. The summed E-state index contributed by atoms with van der Waals surface area (Å²) in [6.45, 7) is 0.935. The van der Waals surface area contributed by atoms with Gasteiger partial charge in [-0.2, -0.15) is 17.0 Å². The molecule has 1 aliphatic heterocycles. The van der Waals surface area contributed by atoms with Crippen LogP contribution in [-0.4, -0.2) is 60.8 Å². The van der Waals surface area contributed by atoms with Crippen molar-refractivity contribution >= 4 is 21.7 Å². The van der Waals surface area contributed by atoms with Crippen LogP contribution in [0.3, 0.4) is 0 Å². The molecule has 0 aromatic carbocycles. The van der Waals surface area contributed by atoms with Crippen LogP contribution in [0.1, 0.15) is 11.8 Å². The van der Waals surface area contributed by atoms with Gasteiger partial charge in [-0.1, -0.05) is 6.07 Å². The molecule has 2 aromatic rings. The summed E-state index contributed by atoms with van der Waals surface area (Å²) in [6, 6.07) is 9.32. The molecule has 25 heavy (non-hydrogen) atoms. The van der Waals surface area contributed by atoms with Crippen LogP contribution in [0.4, 0.5) is 11.5 Å². The van der Waals surface area contributed by atoms with E-state index in [4.69, 9.17) is 4.74 Å². The molecule has 0 radical (unpaired) electrons. The van der Waals surface area contributed by atoms with Gasteiger partial charge in [0.25, 0.3) is 10.2 Å². The molecule has 0 saturated carbocycles. The van der Waals surface area contributed by atoms with E-state index in [0.29, 0.717) is 18.8 Å². The molecule has 9 heteroatoms. The van der Waals surface area contributed by atoms with Gasteiger partial charge in [0.05, 0.1) is 24.2 Å². The number of rotatable bonds is 5. The number of nitrogens with one attached hydrogen (secondary N) is 1. The lowest BCUT2D eigenvalue weighted by Crippen LogP contribution is -2.47. The number of morpholine rings is 1. The first-order valence-electron chi connectivity index (χ1n) is 7.90. The third kappa shape index (κ3) is 4.13. The highest BCUT2D eigenvalue weighted by Gasteiger charge is 2.32. The van der Waals surface area contributed by atoms with Gasteiger partial charge < -0.3 is 10.1 Å². The van der Waals surface area contributed by atoms with Crippen molar-refractivity contribution in [3.05, 3.63) is 48.4 Å². The molecule has 0 aliphatic carbocycles. The summed E-state index contributed by atoms with van der Waals surface area (Å²) in [7, 11) is -0.404. The maximum absolute atomic E-state index is 12.3. The first kappa shape index (κ1) is 17.7. The third-order valence-electron chi connectivity index (χ3n) is 3.87. The summed E-state index contributed by atoms with van der Waals surface area (Å²) in [5, 5.41) is 3.15. The van der Waals surface area contributed by atoms with Crippen LogP contribution in [0.5, 0.6) is 0 Å². The second kappa shape index (κ2) is 7.44. The van der Waals surface area contributed by atoms with Crippen LogP contribution in [-0.2, 0) is 14.9 Å². The van der Waals surface area contributed by atoms with Gasteiger partial charge in [0.15, 0.2) is 0 Å². The molecule has 0 spiro atoms. The van der Waals surface area contributed by atoms with Crippen molar-refractivity contribution < 1.29 is 13.2 Å². The van der Waals surface area contributed by atoms with E-state index in [1.165, 1.54) is 22.7 Å². The fourth-order valence-electron chi connectivity index (χ4n) is 2.50. The zero-order valence-corrected chi connectivity index (χ0v) is 15.0. The maximum Gasteiger partial charge on any atom is 0.281 e. The molecule has 8 nitrogen and oxygen atoms in total. The molecule has 2 aromatic heterocycles. The van der Waals surface area contributed by atoms with E-state index < -0.39 is 10.2 Å². The molecule has 0 bridgehead atoms. The van der Waals surface area contributed by atoms with E-state index in [-0.39, 0.29) is 12.6 Å². The highest BCUT2D eigenvalue weighted by Crippen LogP contribution is 2.24. The largest absolute Gasteiger partial charge is 0.369 e. The monoisotopic (exact) mass is 363 g/mol. The Kier molecular flexibility index (Phi) is 5.28. The molecule has 1 saturated heterocycles. The average molecular weight is 363 g/mol. The normalized spacial score (nSPS) is 19.1. The van der Waals surface area contributed by atoms with E-state index in [1.807, 2.05) is 30.3 Å². The molecule has 3 rings (SSSR count). The minimum absolute atomic E-state index is 0.251. The summed E-state index contributed by atoms with van der Waals surface area (Å²) >= 11 is 0. The molecule has 1 atom stereocenters. The molecule has 1 fully saturated rings. The SMILES string of the molecule is CN(C)S(=O)(=O)N1CCO[C@H](c2ccc(Nc3ccccn3)cn2)C1. The zero-order chi connectivity index (χ0) is 17.9. The van der Waals surface area contributed by atoms with Crippen molar-refractivity contribution in [2.75, 3.05) is 39.1 Å². The predicted molar refractivity (Wildman–Crippen MR) is 94.6 cm³/mol. The highest BCUT2D eigenvalue weighted by atomic mass is 32.2. The maximum atomic E-state index is 12.3. The molecule has 0 unspecified atom stereocenters. The van der Waals surface area contributed by atoms with Gasteiger partial charge in [0.1, 0.15) is 11.9 Å². The Morgan fingerprint density at radius 3 is 2.72 bits per heavy atom. The van der Waals surface area contributed by atoms with E-state index in [1.54, 1.807) is 12.4 Å². The molecule has 3 heterocycles. The van der Waals surface area contributed by atoms with E-state index in [2.05, 4.69) is 15.3 Å². The average Bonchev–Trinajstić information content (AvgIpc) is 2.63. The van der Waals surface area contributed by atoms with Crippen molar-refractivity contribution in [2.45, 2.75) is 6.10 Å². The minimum atomic E-state index is -3.45. The molecular formula is C16H21N5O3S. The predicted octanol–water partition coefficient (Wildman–Crippen LogP) is 1.40. The summed E-state index contributed by atoms with van der Waals surface area (Å²) in [6.07, 6.45) is 3.01. The Balaban J connectivity index is 1.69. The van der Waals surface area contributed by atoms with Gasteiger partial charge in [-0.15, -0.1) is 0 Å². The smallest absolute Gasteiger partial charge is 0.281 e. The lowest BCUT2D eigenvalue weighted by Gasteiger charge is -2.33. The van der Waals surface area contributed by atoms with Crippen LogP contribution in [0.15, 0.2) is 42.7 Å². The number of nitrogens with zero attached hydrogens (tertiary/aromatic N) is 4. The number of pyridine rings is 2. The quantitative estimate of drug-likeness (QED) is 0.864. The molecule has 134 valence electrons. The Morgan fingerprint density at radius 1 is 1.24 bits per heavy atom. The molecule has 1 N–H and O–H groups in total. The zero-order valence-electron chi connectivity index (χ0n) is 14.2. The van der Waals surface area contributed by atoms with E-state index in [9.17, 15) is 8.42 Å². The third-order valence-corrected chi connectivity index (χ3v) is 5.78. The summed E-state index contributed by atoms with van der Waals surface area (Å²) in [5.74, 6) is 0.731. The Morgan fingerprint density at radius 2 is 2.08 bits per heavy atom. The number of hydrogen-bond acceptors (Lipinski definition) is 6. The number of hydrogen-bond donors (Lipinski definition) is 1. The summed E-state index contributed by atoms with van der Waals surface area (Å²) in [5.41, 5.74) is 1.50. The fraction of sp³-hybridized carbons (Fsp3) is 0.375. The first-order valence-corrected chi connectivity index (χ1v) is 9.30. The lowest BCUT2D eigenvalue weighted by molar-refractivity contribution is -0.00621. The summed E-state index contributed by atoms with van der Waals surface area (Å²) < 4.78 is 32.9. The number of anilines is 2. The minimum Gasteiger partial charge on any atom is -0.369 e. The Hall–Kier alpha value is -2.07. The first-order chi connectivity index (χ1) is 12.0. The number of ether oxygens (including phenoxy) is 1. The summed E-state index contributed by atoms with van der Waals surface area (Å²) in [4.78, 5) is 8.61. The lowest BCUT2D eigenvalue weighted by atomic mass is 10.2. The Bertz CT molecular complexity index is 796. The van der Waals surface area contributed by atoms with Crippen molar-refractivity contribution in [2.24, 2.45) is 0 Å². The highest BCUT2D eigenvalue weighted by molar-refractivity contribution is 7.86. The van der Waals surface area contributed by atoms with Gasteiger partial charge in [-0.25, -0.2) is 4.98 Å². The van der Waals surface area contributed by atoms with Crippen molar-refractivity contribution in [3.8, 4) is 0 Å². The molecular weight excluding hydrogens is 342 g/mol. The Labute approximate surface area is 147 Å². The fourth-order valence-corrected chi connectivity index (χ4v) is 3.59. The van der Waals surface area contributed by atoms with Crippen molar-refractivity contribution in [3.63, 3.8) is 0 Å². The van der Waals surface area contributed by atoms with Crippen molar-refractivity contribution in [1.82, 2.24) is 18.6 Å². The molecule has 1 aliphatic rings. The topological polar surface area (TPSA) is 87.7 Å². The van der Waals surface area contributed by atoms with Crippen LogP contribution in [0, 0.1) is 0 Å². The van der Waals surface area contributed by atoms with Crippen LogP contribution < -0.4 is 5.32 Å².